The summed E-state index contributed by atoms with van der Waals surface area (Å²) in [5, 5.41) is 26.8. The second kappa shape index (κ2) is 7.62. The zero-order chi connectivity index (χ0) is 14.2. The Morgan fingerprint density at radius 2 is 1.56 bits per heavy atom. The molecule has 0 aliphatic rings. The lowest BCUT2D eigenvalue weighted by Crippen LogP contribution is -2.44. The number of hydrogen-bond acceptors (Lipinski definition) is 6. The monoisotopic (exact) mass is 264 g/mol. The molecule has 18 heavy (non-hydrogen) atoms. The van der Waals surface area contributed by atoms with Gasteiger partial charge >= 0.3 is 17.9 Å². The van der Waals surface area contributed by atoms with Crippen molar-refractivity contribution in [2.45, 2.75) is 25.4 Å². The summed E-state index contributed by atoms with van der Waals surface area (Å²) in [5.41, 5.74) is -2.57. The van der Waals surface area contributed by atoms with Gasteiger partial charge in [-0.2, -0.15) is 0 Å². The van der Waals surface area contributed by atoms with Gasteiger partial charge in [-0.25, -0.2) is 4.79 Å². The van der Waals surface area contributed by atoms with Crippen molar-refractivity contribution < 1.29 is 39.2 Å². The van der Waals surface area contributed by atoms with E-state index in [1.54, 1.807) is 6.92 Å². The second-order valence-electron chi connectivity index (χ2n) is 3.51. The lowest BCUT2D eigenvalue weighted by molar-refractivity contribution is -0.176. The van der Waals surface area contributed by atoms with E-state index >= 15 is 0 Å². The van der Waals surface area contributed by atoms with Crippen LogP contribution >= 0.6 is 0 Å². The number of aliphatic carboxylic acids is 2. The maximum Gasteiger partial charge on any atom is 0.339 e. The Morgan fingerprint density at radius 1 is 1.06 bits per heavy atom. The molecule has 8 heteroatoms. The van der Waals surface area contributed by atoms with Gasteiger partial charge in [-0.1, -0.05) is 0 Å². The van der Waals surface area contributed by atoms with Gasteiger partial charge in [0.25, 0.3) is 0 Å². The topological polar surface area (TPSA) is 130 Å². The van der Waals surface area contributed by atoms with E-state index in [0.717, 1.165) is 0 Å². The highest BCUT2D eigenvalue weighted by Crippen LogP contribution is 2.18. The summed E-state index contributed by atoms with van der Waals surface area (Å²) in [6.45, 7) is 2.03. The van der Waals surface area contributed by atoms with Crippen molar-refractivity contribution in [3.63, 3.8) is 0 Å². The maximum atomic E-state index is 11.4. The predicted molar refractivity (Wildman–Crippen MR) is 56.9 cm³/mol. The average molecular weight is 264 g/mol. The minimum absolute atomic E-state index is 0.0818. The fourth-order valence-corrected chi connectivity index (χ4v) is 1.18. The van der Waals surface area contributed by atoms with Crippen molar-refractivity contribution in [3.05, 3.63) is 0 Å². The molecular weight excluding hydrogens is 248 g/mol. The Labute approximate surface area is 103 Å². The lowest BCUT2D eigenvalue weighted by Gasteiger charge is -2.22. The van der Waals surface area contributed by atoms with Crippen LogP contribution in [0.1, 0.15) is 19.8 Å². The molecule has 0 radical (unpaired) electrons. The summed E-state index contributed by atoms with van der Waals surface area (Å²) in [7, 11) is 0. The summed E-state index contributed by atoms with van der Waals surface area (Å²) < 4.78 is 9.44. The number of aliphatic hydroxyl groups is 1. The number of carbonyl (C=O) groups is 3. The summed E-state index contributed by atoms with van der Waals surface area (Å²) >= 11 is 0. The third-order valence-corrected chi connectivity index (χ3v) is 1.93. The fraction of sp³-hybridized carbons (Fsp3) is 0.700. The van der Waals surface area contributed by atoms with Crippen LogP contribution in [-0.2, 0) is 23.9 Å². The molecule has 0 spiro atoms. The van der Waals surface area contributed by atoms with Crippen molar-refractivity contribution in [1.82, 2.24) is 0 Å². The minimum Gasteiger partial charge on any atom is -0.481 e. The molecule has 0 saturated heterocycles. The Balaban J connectivity index is 4.49. The molecule has 0 aromatic heterocycles. The number of carboxylic acids is 2. The van der Waals surface area contributed by atoms with Gasteiger partial charge < -0.3 is 24.8 Å². The van der Waals surface area contributed by atoms with E-state index in [9.17, 15) is 19.5 Å². The van der Waals surface area contributed by atoms with E-state index < -0.39 is 36.4 Å². The third kappa shape index (κ3) is 6.16. The Hall–Kier alpha value is -1.67. The van der Waals surface area contributed by atoms with Crippen molar-refractivity contribution in [2.24, 2.45) is 0 Å². The fourth-order valence-electron chi connectivity index (χ4n) is 1.18. The zero-order valence-corrected chi connectivity index (χ0v) is 9.92. The zero-order valence-electron chi connectivity index (χ0n) is 9.92. The molecule has 0 heterocycles. The molecule has 0 aromatic rings. The Kier molecular flexibility index (Phi) is 6.91. The molecule has 0 bridgehead atoms. The van der Waals surface area contributed by atoms with Gasteiger partial charge in [0.2, 0.25) is 0 Å². The molecule has 0 unspecified atom stereocenters. The van der Waals surface area contributed by atoms with E-state index in [1.165, 1.54) is 0 Å². The standard InChI is InChI=1S/C10H16O8/c1-2-17-3-4-18-9(15)10(16,5-7(11)12)6-8(13)14/h16H,2-6H2,1H3,(H,11,12)(H,13,14). The SMILES string of the molecule is CCOCCOC(=O)C(O)(CC(=O)O)CC(=O)O. The minimum atomic E-state index is -2.57. The highest BCUT2D eigenvalue weighted by molar-refractivity contribution is 5.89. The number of esters is 1. The van der Waals surface area contributed by atoms with Crippen LogP contribution in [0.3, 0.4) is 0 Å². The van der Waals surface area contributed by atoms with Crippen molar-refractivity contribution in [3.8, 4) is 0 Å². The van der Waals surface area contributed by atoms with E-state index in [4.69, 9.17) is 14.9 Å². The molecule has 0 atom stereocenters. The van der Waals surface area contributed by atoms with Gasteiger partial charge in [-0.05, 0) is 6.92 Å². The number of hydrogen-bond donors (Lipinski definition) is 3. The highest BCUT2D eigenvalue weighted by Gasteiger charge is 2.42. The summed E-state index contributed by atoms with van der Waals surface area (Å²) in [6, 6.07) is 0. The number of carbonyl (C=O) groups excluding carboxylic acids is 1. The van der Waals surface area contributed by atoms with Crippen LogP contribution in [0.4, 0.5) is 0 Å². The largest absolute Gasteiger partial charge is 0.481 e. The van der Waals surface area contributed by atoms with Crippen molar-refractivity contribution in [1.29, 1.82) is 0 Å². The molecule has 8 nitrogen and oxygen atoms in total. The van der Waals surface area contributed by atoms with Gasteiger partial charge in [0.1, 0.15) is 6.61 Å². The van der Waals surface area contributed by atoms with Crippen LogP contribution in [0.5, 0.6) is 0 Å². The molecule has 104 valence electrons. The maximum absolute atomic E-state index is 11.4. The van der Waals surface area contributed by atoms with Crippen molar-refractivity contribution in [2.75, 3.05) is 19.8 Å². The molecular formula is C10H16O8. The Bertz CT molecular complexity index is 295. The Morgan fingerprint density at radius 3 is 1.94 bits per heavy atom. The number of rotatable bonds is 9. The van der Waals surface area contributed by atoms with Crippen molar-refractivity contribution >= 4 is 17.9 Å². The molecule has 0 aliphatic heterocycles. The molecule has 0 aromatic carbocycles. The quantitative estimate of drug-likeness (QED) is 0.366. The van der Waals surface area contributed by atoms with E-state index in [0.29, 0.717) is 6.61 Å². The third-order valence-electron chi connectivity index (χ3n) is 1.93. The summed E-state index contributed by atoms with van der Waals surface area (Å²) in [5.74, 6) is -4.28. The van der Waals surface area contributed by atoms with Gasteiger partial charge in [0.05, 0.1) is 19.4 Å². The number of ether oxygens (including phenoxy) is 2. The normalized spacial score (nSPS) is 11.0. The van der Waals surface area contributed by atoms with E-state index in [1.807, 2.05) is 0 Å². The predicted octanol–water partition coefficient (Wildman–Crippen LogP) is -0.753. The molecule has 3 N–H and O–H groups in total. The van der Waals surface area contributed by atoms with Gasteiger partial charge in [0.15, 0.2) is 5.60 Å². The van der Waals surface area contributed by atoms with E-state index in [2.05, 4.69) is 4.74 Å². The summed E-state index contributed by atoms with van der Waals surface area (Å²) in [4.78, 5) is 32.4. The van der Waals surface area contributed by atoms with Crippen LogP contribution < -0.4 is 0 Å². The summed E-state index contributed by atoms with van der Waals surface area (Å²) in [6.07, 6.45) is -2.07. The molecule has 0 fully saturated rings. The molecule has 0 saturated carbocycles. The average Bonchev–Trinajstić information content (AvgIpc) is 2.21. The smallest absolute Gasteiger partial charge is 0.339 e. The van der Waals surface area contributed by atoms with Gasteiger partial charge in [0, 0.05) is 6.61 Å². The van der Waals surface area contributed by atoms with Gasteiger partial charge in [-0.3, -0.25) is 9.59 Å². The van der Waals surface area contributed by atoms with Gasteiger partial charge in [-0.15, -0.1) is 0 Å². The lowest BCUT2D eigenvalue weighted by atomic mass is 9.96. The first kappa shape index (κ1) is 16.3. The van der Waals surface area contributed by atoms with Crippen LogP contribution in [0.2, 0.25) is 0 Å². The first-order chi connectivity index (χ1) is 8.31. The molecule has 0 amide bonds. The first-order valence-electron chi connectivity index (χ1n) is 5.22. The second-order valence-corrected chi connectivity index (χ2v) is 3.51. The van der Waals surface area contributed by atoms with Crippen LogP contribution in [0, 0.1) is 0 Å². The first-order valence-corrected chi connectivity index (χ1v) is 5.22. The van der Waals surface area contributed by atoms with Crippen LogP contribution in [0.25, 0.3) is 0 Å². The molecule has 0 rings (SSSR count). The number of carboxylic acid groups (broad SMARTS) is 2. The van der Waals surface area contributed by atoms with Crippen LogP contribution in [-0.4, -0.2) is 58.6 Å². The highest BCUT2D eigenvalue weighted by atomic mass is 16.6. The van der Waals surface area contributed by atoms with E-state index in [-0.39, 0.29) is 13.2 Å². The molecule has 0 aliphatic carbocycles. The van der Waals surface area contributed by atoms with Crippen LogP contribution in [0.15, 0.2) is 0 Å².